The topological polar surface area (TPSA) is 164 Å². The number of aliphatic hydroxyl groups is 1. The lowest BCUT2D eigenvalue weighted by Crippen LogP contribution is -2.53. The lowest BCUT2D eigenvalue weighted by molar-refractivity contribution is -0.159. The predicted octanol–water partition coefficient (Wildman–Crippen LogP) is 5.52. The van der Waals surface area contributed by atoms with E-state index in [1.54, 1.807) is 44.3 Å². The molecule has 2 unspecified atom stereocenters. The van der Waals surface area contributed by atoms with Gasteiger partial charge in [-0.1, -0.05) is 105 Å². The van der Waals surface area contributed by atoms with Crippen LogP contribution in [0.15, 0.2) is 79.0 Å². The van der Waals surface area contributed by atoms with Crippen molar-refractivity contribution in [2.45, 2.75) is 95.9 Å². The minimum absolute atomic E-state index is 0.00598. The van der Waals surface area contributed by atoms with Crippen molar-refractivity contribution in [3.05, 3.63) is 102 Å². The third-order valence-corrected chi connectivity index (χ3v) is 9.49. The number of esters is 1. The first-order chi connectivity index (χ1) is 24.1. The number of imidazole rings is 1. The lowest BCUT2D eigenvalue weighted by Gasteiger charge is -2.30. The highest BCUT2D eigenvalue weighted by molar-refractivity contribution is 6.02. The average Bonchev–Trinajstić information content (AvgIpc) is 3.59. The van der Waals surface area contributed by atoms with Gasteiger partial charge >= 0.3 is 5.97 Å². The van der Waals surface area contributed by atoms with Crippen molar-refractivity contribution in [2.75, 3.05) is 0 Å². The zero-order chi connectivity index (χ0) is 35.6. The molecule has 4 aromatic rings. The molecule has 50 heavy (non-hydrogen) atoms. The smallest absolute Gasteiger partial charge is 0.337 e. The molecule has 3 aromatic carbocycles. The zero-order valence-corrected chi connectivity index (χ0v) is 28.8. The van der Waals surface area contributed by atoms with Crippen molar-refractivity contribution in [1.82, 2.24) is 15.3 Å². The summed E-state index contributed by atoms with van der Waals surface area (Å²) in [4.78, 5) is 60.7. The van der Waals surface area contributed by atoms with Gasteiger partial charge in [-0.15, -0.1) is 0 Å². The maximum atomic E-state index is 14.0. The van der Waals surface area contributed by atoms with Crippen molar-refractivity contribution in [2.24, 2.45) is 17.6 Å². The van der Waals surface area contributed by atoms with Gasteiger partial charge in [0.15, 0.2) is 17.7 Å². The van der Waals surface area contributed by atoms with Crippen LogP contribution in [0.25, 0.3) is 10.8 Å². The first-order valence-corrected chi connectivity index (χ1v) is 17.7. The quantitative estimate of drug-likeness (QED) is 0.0888. The molecule has 1 aliphatic carbocycles. The average molecular weight is 681 g/mol. The first kappa shape index (κ1) is 36.6. The highest BCUT2D eigenvalue weighted by Gasteiger charge is 2.34. The summed E-state index contributed by atoms with van der Waals surface area (Å²) in [6, 6.07) is 20.9. The van der Waals surface area contributed by atoms with Crippen LogP contribution in [0.3, 0.4) is 0 Å². The molecule has 0 spiro atoms. The molecule has 5 N–H and O–H groups in total. The normalized spacial score (nSPS) is 16.0. The number of aromatic nitrogens is 2. The summed E-state index contributed by atoms with van der Waals surface area (Å²) < 4.78 is 5.23. The Morgan fingerprint density at radius 3 is 2.38 bits per heavy atom. The molecule has 0 bridgehead atoms. The molecule has 1 heterocycles. The monoisotopic (exact) mass is 680 g/mol. The maximum absolute atomic E-state index is 14.0. The molecule has 4 atom stereocenters. The van der Waals surface area contributed by atoms with E-state index in [1.807, 2.05) is 48.5 Å². The second-order valence-electron chi connectivity index (χ2n) is 13.7. The van der Waals surface area contributed by atoms with Crippen LogP contribution < -0.4 is 11.1 Å². The number of ketones is 2. The Balaban J connectivity index is 1.29. The first-order valence-electron chi connectivity index (χ1n) is 17.7. The third kappa shape index (κ3) is 9.73. The second kappa shape index (κ2) is 17.3. The van der Waals surface area contributed by atoms with Gasteiger partial charge in [-0.05, 0) is 48.9 Å². The molecule has 0 aliphatic heterocycles. The standard InChI is InChI=1S/C40H48N4O6/c1-25(2)50-40(49)37(47)34(20-26-12-5-3-6-13-26)44-39(48)33(41)23-31-24-42-38(43-31)36(46)30(22-35(45)28-15-7-4-8-16-28)21-29-18-11-17-27-14-9-10-19-32(27)29/h4,7-11,14-19,24-26,30,33-34,37,47H,3,5-6,12-13,20-23,41H2,1-2H3,(H,42,43)(H,44,48)/t30?,33-,34-,37?/m0/s1. The van der Waals surface area contributed by atoms with Crippen molar-refractivity contribution in [3.63, 3.8) is 0 Å². The number of hydrogen-bond acceptors (Lipinski definition) is 8. The number of carbonyl (C=O) groups is 4. The molecule has 1 saturated carbocycles. The number of nitrogens with one attached hydrogen (secondary N) is 2. The lowest BCUT2D eigenvalue weighted by atomic mass is 9.83. The van der Waals surface area contributed by atoms with Crippen LogP contribution in [-0.4, -0.2) is 62.8 Å². The molecule has 10 nitrogen and oxygen atoms in total. The minimum Gasteiger partial charge on any atom is -0.461 e. The Hall–Kier alpha value is -4.67. The molecule has 0 saturated heterocycles. The second-order valence-corrected chi connectivity index (χ2v) is 13.7. The van der Waals surface area contributed by atoms with E-state index in [-0.39, 0.29) is 36.2 Å². The number of H-pyrrole nitrogens is 1. The van der Waals surface area contributed by atoms with Crippen molar-refractivity contribution < 1.29 is 29.0 Å². The SMILES string of the molecule is CC(C)OC(=O)C(O)[C@H](CC1CCCCC1)NC(=O)[C@@H](N)Cc1c[nH]c(C(=O)C(CC(=O)c2ccccc2)Cc2cccc3ccccc23)n1. The van der Waals surface area contributed by atoms with E-state index >= 15 is 0 Å². The van der Waals surface area contributed by atoms with E-state index in [9.17, 15) is 24.3 Å². The summed E-state index contributed by atoms with van der Waals surface area (Å²) in [6.07, 6.45) is 5.60. The van der Waals surface area contributed by atoms with Crippen molar-refractivity contribution in [3.8, 4) is 0 Å². The Morgan fingerprint density at radius 1 is 0.940 bits per heavy atom. The van der Waals surface area contributed by atoms with Crippen LogP contribution in [0.1, 0.15) is 91.0 Å². The highest BCUT2D eigenvalue weighted by atomic mass is 16.6. The zero-order valence-electron chi connectivity index (χ0n) is 28.8. The number of aromatic amines is 1. The van der Waals surface area contributed by atoms with Crippen LogP contribution in [-0.2, 0) is 27.2 Å². The molecule has 5 rings (SSSR count). The third-order valence-electron chi connectivity index (χ3n) is 9.49. The number of rotatable bonds is 16. The Kier molecular flexibility index (Phi) is 12.7. The van der Waals surface area contributed by atoms with Gasteiger partial charge < -0.3 is 25.9 Å². The Morgan fingerprint density at radius 2 is 1.64 bits per heavy atom. The highest BCUT2D eigenvalue weighted by Crippen LogP contribution is 2.29. The summed E-state index contributed by atoms with van der Waals surface area (Å²) in [6.45, 7) is 3.40. The molecule has 0 radical (unpaired) electrons. The van der Waals surface area contributed by atoms with E-state index in [2.05, 4.69) is 15.3 Å². The summed E-state index contributed by atoms with van der Waals surface area (Å²) in [5.74, 6) is -2.13. The van der Waals surface area contributed by atoms with E-state index < -0.39 is 42.1 Å². The van der Waals surface area contributed by atoms with Gasteiger partial charge in [0.05, 0.1) is 23.9 Å². The van der Waals surface area contributed by atoms with Gasteiger partial charge in [-0.2, -0.15) is 0 Å². The molecule has 264 valence electrons. The number of nitrogens with zero attached hydrogens (tertiary/aromatic N) is 1. The van der Waals surface area contributed by atoms with Gasteiger partial charge in [-0.3, -0.25) is 14.4 Å². The Bertz CT molecular complexity index is 1760. The van der Waals surface area contributed by atoms with Gasteiger partial charge in [-0.25, -0.2) is 9.78 Å². The number of benzene rings is 3. The summed E-state index contributed by atoms with van der Waals surface area (Å²) in [5, 5.41) is 15.8. The van der Waals surface area contributed by atoms with Gasteiger partial charge in [0.2, 0.25) is 11.7 Å². The number of carbonyl (C=O) groups excluding carboxylic acids is 4. The number of amides is 1. The van der Waals surface area contributed by atoms with Crippen molar-refractivity contribution >= 4 is 34.2 Å². The summed E-state index contributed by atoms with van der Waals surface area (Å²) in [5.41, 5.74) is 8.21. The van der Waals surface area contributed by atoms with E-state index in [1.165, 1.54) is 0 Å². The predicted molar refractivity (Wildman–Crippen MR) is 191 cm³/mol. The number of aliphatic hydroxyl groups excluding tert-OH is 1. The number of ether oxygens (including phenoxy) is 1. The van der Waals surface area contributed by atoms with Gasteiger partial charge in [0.25, 0.3) is 0 Å². The molecule has 10 heteroatoms. The number of Topliss-reactive ketones (excluding diaryl/α,β-unsaturated/α-hetero) is 2. The van der Waals surface area contributed by atoms with Crippen molar-refractivity contribution in [1.29, 1.82) is 0 Å². The van der Waals surface area contributed by atoms with Crippen LogP contribution >= 0.6 is 0 Å². The van der Waals surface area contributed by atoms with E-state index in [0.29, 0.717) is 24.1 Å². The van der Waals surface area contributed by atoms with Crippen LogP contribution in [0.2, 0.25) is 0 Å². The number of hydrogen-bond donors (Lipinski definition) is 4. The van der Waals surface area contributed by atoms with Gasteiger partial charge in [0, 0.05) is 30.5 Å². The number of nitrogens with two attached hydrogens (primary N) is 1. The molecule has 1 aromatic heterocycles. The molecule has 1 amide bonds. The maximum Gasteiger partial charge on any atom is 0.337 e. The summed E-state index contributed by atoms with van der Waals surface area (Å²) >= 11 is 0. The van der Waals surface area contributed by atoms with E-state index in [0.717, 1.165) is 48.4 Å². The molecular weight excluding hydrogens is 632 g/mol. The molecule has 1 fully saturated rings. The van der Waals surface area contributed by atoms with E-state index in [4.69, 9.17) is 10.5 Å². The molecule has 1 aliphatic rings. The van der Waals surface area contributed by atoms with Crippen LogP contribution in [0.5, 0.6) is 0 Å². The fourth-order valence-electron chi connectivity index (χ4n) is 6.87. The summed E-state index contributed by atoms with van der Waals surface area (Å²) in [7, 11) is 0. The number of fused-ring (bicyclic) bond motifs is 1. The fourth-order valence-corrected chi connectivity index (χ4v) is 6.87. The Labute approximate surface area is 293 Å². The molecular formula is C40H48N4O6. The van der Waals surface area contributed by atoms with Crippen LogP contribution in [0, 0.1) is 11.8 Å². The fraction of sp³-hybridized carbons (Fsp3) is 0.425. The largest absolute Gasteiger partial charge is 0.461 e. The van der Waals surface area contributed by atoms with Crippen LogP contribution in [0.4, 0.5) is 0 Å². The van der Waals surface area contributed by atoms with Gasteiger partial charge in [0.1, 0.15) is 0 Å². The minimum atomic E-state index is -1.53.